The number of benzene rings is 1. The second-order valence-corrected chi connectivity index (χ2v) is 5.78. The molecular formula is C16H14FN3OS. The van der Waals surface area contributed by atoms with Gasteiger partial charge in [0.05, 0.1) is 4.88 Å². The van der Waals surface area contributed by atoms with E-state index >= 15 is 0 Å². The van der Waals surface area contributed by atoms with Crippen LogP contribution >= 0.6 is 11.3 Å². The summed E-state index contributed by atoms with van der Waals surface area (Å²) in [6, 6.07) is 9.24. The molecule has 0 bridgehead atoms. The second-order valence-electron chi connectivity index (χ2n) is 4.84. The van der Waals surface area contributed by atoms with Crippen molar-refractivity contribution in [3.63, 3.8) is 0 Å². The highest BCUT2D eigenvalue weighted by Gasteiger charge is 2.22. The smallest absolute Gasteiger partial charge is 0.262 e. The monoisotopic (exact) mass is 315 g/mol. The van der Waals surface area contributed by atoms with Crippen molar-refractivity contribution in [3.8, 4) is 0 Å². The van der Waals surface area contributed by atoms with E-state index in [1.165, 1.54) is 23.5 Å². The lowest BCUT2D eigenvalue weighted by Gasteiger charge is -2.19. The summed E-state index contributed by atoms with van der Waals surface area (Å²) in [7, 11) is 1.84. The van der Waals surface area contributed by atoms with E-state index < -0.39 is 6.04 Å². The molecule has 3 rings (SSSR count). The van der Waals surface area contributed by atoms with E-state index in [-0.39, 0.29) is 11.7 Å². The SMILES string of the molecule is Cn1ccnc1C(NC(=O)c1cccs1)c1cccc(F)c1. The van der Waals surface area contributed by atoms with Gasteiger partial charge in [0.1, 0.15) is 17.7 Å². The average Bonchev–Trinajstić information content (AvgIpc) is 3.16. The van der Waals surface area contributed by atoms with Gasteiger partial charge in [-0.3, -0.25) is 4.79 Å². The molecule has 1 amide bonds. The van der Waals surface area contributed by atoms with Crippen molar-refractivity contribution in [3.05, 3.63) is 76.3 Å². The van der Waals surface area contributed by atoms with Crippen LogP contribution in [-0.4, -0.2) is 15.5 Å². The summed E-state index contributed by atoms with van der Waals surface area (Å²) in [6.45, 7) is 0. The van der Waals surface area contributed by atoms with E-state index in [2.05, 4.69) is 10.3 Å². The van der Waals surface area contributed by atoms with Crippen LogP contribution in [0.4, 0.5) is 4.39 Å². The minimum Gasteiger partial charge on any atom is -0.337 e. The zero-order chi connectivity index (χ0) is 15.5. The number of amides is 1. The van der Waals surface area contributed by atoms with Gasteiger partial charge < -0.3 is 9.88 Å². The van der Waals surface area contributed by atoms with Crippen molar-refractivity contribution < 1.29 is 9.18 Å². The first-order chi connectivity index (χ1) is 10.6. The van der Waals surface area contributed by atoms with E-state index in [1.54, 1.807) is 30.6 Å². The molecule has 1 atom stereocenters. The Morgan fingerprint density at radius 1 is 1.36 bits per heavy atom. The Bertz CT molecular complexity index is 782. The summed E-state index contributed by atoms with van der Waals surface area (Å²) in [6.07, 6.45) is 3.44. The summed E-state index contributed by atoms with van der Waals surface area (Å²) in [5.74, 6) is 0.102. The normalized spacial score (nSPS) is 12.1. The number of aromatic nitrogens is 2. The van der Waals surface area contributed by atoms with E-state index in [0.717, 1.165) is 0 Å². The van der Waals surface area contributed by atoms with E-state index in [0.29, 0.717) is 16.3 Å². The number of nitrogens with zero attached hydrogens (tertiary/aromatic N) is 2. The quantitative estimate of drug-likeness (QED) is 0.804. The number of halogens is 1. The van der Waals surface area contributed by atoms with Gasteiger partial charge in [0.25, 0.3) is 5.91 Å². The lowest BCUT2D eigenvalue weighted by atomic mass is 10.1. The molecule has 2 heterocycles. The van der Waals surface area contributed by atoms with Gasteiger partial charge in [-0.15, -0.1) is 11.3 Å². The van der Waals surface area contributed by atoms with Crippen LogP contribution in [0.2, 0.25) is 0 Å². The number of carbonyl (C=O) groups excluding carboxylic acids is 1. The highest BCUT2D eigenvalue weighted by molar-refractivity contribution is 7.12. The van der Waals surface area contributed by atoms with Crippen LogP contribution in [0.5, 0.6) is 0 Å². The van der Waals surface area contributed by atoms with Crippen molar-refractivity contribution in [2.75, 3.05) is 0 Å². The number of hydrogen-bond acceptors (Lipinski definition) is 3. The average molecular weight is 315 g/mol. The van der Waals surface area contributed by atoms with Gasteiger partial charge in [-0.25, -0.2) is 9.37 Å². The summed E-state index contributed by atoms with van der Waals surface area (Å²) in [5.41, 5.74) is 0.652. The molecule has 22 heavy (non-hydrogen) atoms. The fourth-order valence-electron chi connectivity index (χ4n) is 2.25. The van der Waals surface area contributed by atoms with Gasteiger partial charge >= 0.3 is 0 Å². The van der Waals surface area contributed by atoms with Gasteiger partial charge in [0.15, 0.2) is 0 Å². The minimum atomic E-state index is -0.509. The van der Waals surface area contributed by atoms with Gasteiger partial charge in [-0.2, -0.15) is 0 Å². The first kappa shape index (κ1) is 14.5. The molecule has 4 nitrogen and oxygen atoms in total. The Morgan fingerprint density at radius 2 is 2.23 bits per heavy atom. The molecule has 1 aromatic carbocycles. The van der Waals surface area contributed by atoms with Crippen LogP contribution in [0.15, 0.2) is 54.2 Å². The van der Waals surface area contributed by atoms with Crippen molar-refractivity contribution >= 4 is 17.2 Å². The lowest BCUT2D eigenvalue weighted by molar-refractivity contribution is 0.0945. The molecule has 0 aliphatic heterocycles. The third kappa shape index (κ3) is 2.92. The maximum Gasteiger partial charge on any atom is 0.262 e. The molecule has 6 heteroatoms. The zero-order valence-electron chi connectivity index (χ0n) is 11.9. The van der Waals surface area contributed by atoms with Gasteiger partial charge in [-0.1, -0.05) is 18.2 Å². The van der Waals surface area contributed by atoms with Crippen molar-refractivity contribution in [2.45, 2.75) is 6.04 Å². The number of imidazole rings is 1. The molecule has 0 radical (unpaired) electrons. The van der Waals surface area contributed by atoms with Crippen LogP contribution in [-0.2, 0) is 7.05 Å². The Hall–Kier alpha value is -2.47. The Labute approximate surface area is 131 Å². The molecule has 0 aliphatic carbocycles. The summed E-state index contributed by atoms with van der Waals surface area (Å²) < 4.78 is 15.4. The Balaban J connectivity index is 1.97. The number of aryl methyl sites for hydroxylation is 1. The molecule has 0 saturated heterocycles. The number of rotatable bonds is 4. The molecule has 1 N–H and O–H groups in total. The van der Waals surface area contributed by atoms with Gasteiger partial charge in [-0.05, 0) is 29.1 Å². The summed E-state index contributed by atoms with van der Waals surface area (Å²) in [4.78, 5) is 17.2. The predicted molar refractivity (Wildman–Crippen MR) is 83.2 cm³/mol. The standard InChI is InChI=1S/C16H14FN3OS/c1-20-8-7-18-15(20)14(11-4-2-5-12(17)10-11)19-16(21)13-6-3-9-22-13/h2-10,14H,1H3,(H,19,21). The van der Waals surface area contributed by atoms with Gasteiger partial charge in [0.2, 0.25) is 0 Å². The highest BCUT2D eigenvalue weighted by Crippen LogP contribution is 2.22. The summed E-state index contributed by atoms with van der Waals surface area (Å²) >= 11 is 1.36. The minimum absolute atomic E-state index is 0.202. The van der Waals surface area contributed by atoms with Crippen molar-refractivity contribution in [2.24, 2.45) is 7.05 Å². The molecule has 112 valence electrons. The van der Waals surface area contributed by atoms with E-state index in [9.17, 15) is 9.18 Å². The topological polar surface area (TPSA) is 46.9 Å². The molecular weight excluding hydrogens is 301 g/mol. The third-order valence-corrected chi connectivity index (χ3v) is 4.19. The number of hydrogen-bond donors (Lipinski definition) is 1. The number of nitrogens with one attached hydrogen (secondary N) is 1. The van der Waals surface area contributed by atoms with Crippen LogP contribution in [0, 0.1) is 5.82 Å². The molecule has 0 aliphatic rings. The Kier molecular flexibility index (Phi) is 4.02. The van der Waals surface area contributed by atoms with E-state index in [4.69, 9.17) is 0 Å². The van der Waals surface area contributed by atoms with Gasteiger partial charge in [0, 0.05) is 19.4 Å². The van der Waals surface area contributed by atoms with Crippen LogP contribution in [0.3, 0.4) is 0 Å². The molecule has 0 spiro atoms. The van der Waals surface area contributed by atoms with Crippen LogP contribution in [0.1, 0.15) is 27.1 Å². The van der Waals surface area contributed by atoms with Crippen molar-refractivity contribution in [1.29, 1.82) is 0 Å². The van der Waals surface area contributed by atoms with Crippen LogP contribution < -0.4 is 5.32 Å². The lowest BCUT2D eigenvalue weighted by Crippen LogP contribution is -2.30. The maximum atomic E-state index is 13.5. The highest BCUT2D eigenvalue weighted by atomic mass is 32.1. The number of thiophene rings is 1. The van der Waals surface area contributed by atoms with E-state index in [1.807, 2.05) is 23.1 Å². The largest absolute Gasteiger partial charge is 0.337 e. The molecule has 1 unspecified atom stereocenters. The first-order valence-corrected chi connectivity index (χ1v) is 7.60. The maximum absolute atomic E-state index is 13.5. The summed E-state index contributed by atoms with van der Waals surface area (Å²) in [5, 5.41) is 4.77. The molecule has 2 aromatic heterocycles. The second kappa shape index (κ2) is 6.11. The number of carbonyl (C=O) groups is 1. The molecule has 3 aromatic rings. The fraction of sp³-hybridized carbons (Fsp3) is 0.125. The zero-order valence-corrected chi connectivity index (χ0v) is 12.7. The molecule has 0 saturated carbocycles. The first-order valence-electron chi connectivity index (χ1n) is 6.72. The van der Waals surface area contributed by atoms with Crippen LogP contribution in [0.25, 0.3) is 0 Å². The Morgan fingerprint density at radius 3 is 2.86 bits per heavy atom. The fourth-order valence-corrected chi connectivity index (χ4v) is 2.88. The predicted octanol–water partition coefficient (Wildman–Crippen LogP) is 3.14. The third-order valence-electron chi connectivity index (χ3n) is 3.32. The molecule has 0 fully saturated rings. The van der Waals surface area contributed by atoms with Crippen molar-refractivity contribution in [1.82, 2.24) is 14.9 Å².